The van der Waals surface area contributed by atoms with Crippen molar-refractivity contribution in [1.29, 1.82) is 0 Å². The zero-order chi connectivity index (χ0) is 17.2. The molecule has 3 heterocycles. The molecule has 0 atom stereocenters. The van der Waals surface area contributed by atoms with Crippen molar-refractivity contribution >= 4 is 16.9 Å². The van der Waals surface area contributed by atoms with Gasteiger partial charge in [-0.25, -0.2) is 9.50 Å². The molecular formula is C20H19N5. The highest BCUT2D eigenvalue weighted by Gasteiger charge is 2.15. The number of nitrogens with one attached hydrogen (secondary N) is 1. The van der Waals surface area contributed by atoms with E-state index in [4.69, 9.17) is 5.10 Å². The summed E-state index contributed by atoms with van der Waals surface area (Å²) in [6, 6.07) is 14.4. The first-order valence-corrected chi connectivity index (χ1v) is 8.32. The van der Waals surface area contributed by atoms with Crippen molar-refractivity contribution < 1.29 is 0 Å². The van der Waals surface area contributed by atoms with Gasteiger partial charge in [0.15, 0.2) is 0 Å². The lowest BCUT2D eigenvalue weighted by atomic mass is 10.0. The molecule has 5 nitrogen and oxygen atoms in total. The molecule has 0 amide bonds. The smallest absolute Gasteiger partial charge is 0.117 e. The van der Waals surface area contributed by atoms with Crippen LogP contribution in [0.1, 0.15) is 25.3 Å². The second-order valence-electron chi connectivity index (χ2n) is 6.27. The summed E-state index contributed by atoms with van der Waals surface area (Å²) in [5.74, 6) is 0.481. The maximum atomic E-state index is 4.70. The van der Waals surface area contributed by atoms with Crippen molar-refractivity contribution in [2.75, 3.05) is 5.32 Å². The Labute approximate surface area is 146 Å². The molecule has 0 saturated carbocycles. The molecular weight excluding hydrogens is 310 g/mol. The number of benzene rings is 1. The fourth-order valence-corrected chi connectivity index (χ4v) is 2.87. The minimum atomic E-state index is 0.481. The highest BCUT2D eigenvalue weighted by molar-refractivity contribution is 5.89. The van der Waals surface area contributed by atoms with Crippen LogP contribution in [0.2, 0.25) is 0 Å². The molecule has 0 radical (unpaired) electrons. The second kappa shape index (κ2) is 6.36. The maximum absolute atomic E-state index is 4.70. The minimum absolute atomic E-state index is 0.481. The van der Waals surface area contributed by atoms with Crippen molar-refractivity contribution in [2.24, 2.45) is 0 Å². The predicted octanol–water partition coefficient (Wildman–Crippen LogP) is 4.66. The summed E-state index contributed by atoms with van der Waals surface area (Å²) in [6.07, 6.45) is 7.06. The van der Waals surface area contributed by atoms with Crippen LogP contribution in [0.3, 0.4) is 0 Å². The molecule has 3 aromatic heterocycles. The molecule has 0 fully saturated rings. The average molecular weight is 329 g/mol. The van der Waals surface area contributed by atoms with Gasteiger partial charge < -0.3 is 5.32 Å². The summed E-state index contributed by atoms with van der Waals surface area (Å²) in [7, 11) is 0. The quantitative estimate of drug-likeness (QED) is 0.592. The Bertz CT molecular complexity index is 1000. The van der Waals surface area contributed by atoms with Crippen LogP contribution in [0, 0.1) is 0 Å². The molecule has 1 aromatic carbocycles. The SMILES string of the molecule is CC(C)c1cccc(Nc2c(-c3ccncc3)nn3cnccc23)c1. The maximum Gasteiger partial charge on any atom is 0.117 e. The lowest BCUT2D eigenvalue weighted by molar-refractivity contribution is 0.867. The van der Waals surface area contributed by atoms with Crippen LogP contribution in [0.5, 0.6) is 0 Å². The van der Waals surface area contributed by atoms with Gasteiger partial charge in [-0.1, -0.05) is 26.0 Å². The van der Waals surface area contributed by atoms with Crippen molar-refractivity contribution in [2.45, 2.75) is 19.8 Å². The van der Waals surface area contributed by atoms with Gasteiger partial charge in [0, 0.05) is 29.8 Å². The fourth-order valence-electron chi connectivity index (χ4n) is 2.87. The molecule has 124 valence electrons. The van der Waals surface area contributed by atoms with E-state index < -0.39 is 0 Å². The number of aromatic nitrogens is 4. The third-order valence-electron chi connectivity index (χ3n) is 4.22. The summed E-state index contributed by atoms with van der Waals surface area (Å²) < 4.78 is 1.80. The zero-order valence-electron chi connectivity index (χ0n) is 14.2. The highest BCUT2D eigenvalue weighted by atomic mass is 15.3. The molecule has 0 bridgehead atoms. The molecule has 0 saturated heterocycles. The molecule has 0 aliphatic heterocycles. The van der Waals surface area contributed by atoms with Crippen molar-refractivity contribution in [3.05, 3.63) is 72.9 Å². The van der Waals surface area contributed by atoms with Crippen molar-refractivity contribution in [1.82, 2.24) is 19.6 Å². The van der Waals surface area contributed by atoms with Gasteiger partial charge in [0.05, 0.1) is 11.2 Å². The molecule has 0 aliphatic rings. The van der Waals surface area contributed by atoms with Gasteiger partial charge in [0.1, 0.15) is 12.0 Å². The number of pyridine rings is 1. The molecule has 0 spiro atoms. The first kappa shape index (κ1) is 15.3. The molecule has 5 heteroatoms. The number of hydrogen-bond acceptors (Lipinski definition) is 4. The summed E-state index contributed by atoms with van der Waals surface area (Å²) in [5, 5.41) is 8.26. The average Bonchev–Trinajstić information content (AvgIpc) is 3.01. The van der Waals surface area contributed by atoms with Crippen LogP contribution in [-0.2, 0) is 0 Å². The Morgan fingerprint density at radius 2 is 1.76 bits per heavy atom. The van der Waals surface area contributed by atoms with Crippen LogP contribution in [0.4, 0.5) is 11.4 Å². The van der Waals surface area contributed by atoms with E-state index in [2.05, 4.69) is 53.4 Å². The Kier molecular flexibility index (Phi) is 3.90. The molecule has 1 N–H and O–H groups in total. The molecule has 0 aliphatic carbocycles. The number of nitrogens with zero attached hydrogens (tertiary/aromatic N) is 4. The highest BCUT2D eigenvalue weighted by Crippen LogP contribution is 2.33. The number of hydrogen-bond donors (Lipinski definition) is 1. The predicted molar refractivity (Wildman–Crippen MR) is 100 cm³/mol. The van der Waals surface area contributed by atoms with Crippen LogP contribution < -0.4 is 5.32 Å². The van der Waals surface area contributed by atoms with Crippen molar-refractivity contribution in [3.8, 4) is 11.3 Å². The zero-order valence-corrected chi connectivity index (χ0v) is 14.2. The van der Waals surface area contributed by atoms with E-state index in [-0.39, 0.29) is 0 Å². The van der Waals surface area contributed by atoms with E-state index >= 15 is 0 Å². The van der Waals surface area contributed by atoms with E-state index in [1.807, 2.05) is 18.2 Å². The third-order valence-corrected chi connectivity index (χ3v) is 4.22. The largest absolute Gasteiger partial charge is 0.352 e. The van der Waals surface area contributed by atoms with E-state index in [0.717, 1.165) is 28.1 Å². The number of rotatable bonds is 4. The van der Waals surface area contributed by atoms with Crippen LogP contribution in [0.25, 0.3) is 16.8 Å². The van der Waals surface area contributed by atoms with E-state index in [9.17, 15) is 0 Å². The summed E-state index contributed by atoms with van der Waals surface area (Å²) in [5.41, 5.74) is 6.19. The lowest BCUT2D eigenvalue weighted by Crippen LogP contribution is -1.94. The van der Waals surface area contributed by atoms with Gasteiger partial charge in [-0.15, -0.1) is 0 Å². The lowest BCUT2D eigenvalue weighted by Gasteiger charge is -2.11. The topological polar surface area (TPSA) is 55.1 Å². The number of anilines is 2. The van der Waals surface area contributed by atoms with E-state index in [1.54, 1.807) is 29.4 Å². The summed E-state index contributed by atoms with van der Waals surface area (Å²) in [6.45, 7) is 4.39. The van der Waals surface area contributed by atoms with Crippen molar-refractivity contribution in [3.63, 3.8) is 0 Å². The van der Waals surface area contributed by atoms with Crippen LogP contribution >= 0.6 is 0 Å². The van der Waals surface area contributed by atoms with Crippen LogP contribution in [-0.4, -0.2) is 19.6 Å². The van der Waals surface area contributed by atoms with Gasteiger partial charge in [-0.2, -0.15) is 5.10 Å². The minimum Gasteiger partial charge on any atom is -0.352 e. The van der Waals surface area contributed by atoms with E-state index in [1.165, 1.54) is 5.56 Å². The Morgan fingerprint density at radius 1 is 0.960 bits per heavy atom. The van der Waals surface area contributed by atoms with Gasteiger partial charge in [-0.05, 0) is 41.8 Å². The molecule has 0 unspecified atom stereocenters. The second-order valence-corrected chi connectivity index (χ2v) is 6.27. The Balaban J connectivity index is 1.84. The first-order chi connectivity index (χ1) is 12.2. The molecule has 25 heavy (non-hydrogen) atoms. The fraction of sp³-hybridized carbons (Fsp3) is 0.150. The van der Waals surface area contributed by atoms with Gasteiger partial charge in [0.2, 0.25) is 0 Å². The molecule has 4 aromatic rings. The Hall–Kier alpha value is -3.21. The Morgan fingerprint density at radius 3 is 2.56 bits per heavy atom. The van der Waals surface area contributed by atoms with Gasteiger partial charge >= 0.3 is 0 Å². The van der Waals surface area contributed by atoms with E-state index in [0.29, 0.717) is 5.92 Å². The summed E-state index contributed by atoms with van der Waals surface area (Å²) in [4.78, 5) is 8.27. The monoisotopic (exact) mass is 329 g/mol. The van der Waals surface area contributed by atoms with Gasteiger partial charge in [-0.3, -0.25) is 4.98 Å². The third kappa shape index (κ3) is 2.96. The first-order valence-electron chi connectivity index (χ1n) is 8.32. The van der Waals surface area contributed by atoms with Gasteiger partial charge in [0.25, 0.3) is 0 Å². The summed E-state index contributed by atoms with van der Waals surface area (Å²) >= 11 is 0. The number of fused-ring (bicyclic) bond motifs is 1. The standard InChI is InChI=1S/C20H19N5/c1-14(2)16-4-3-5-17(12-16)23-20-18-8-11-22-13-25(18)24-19(20)15-6-9-21-10-7-15/h3-14,23H,1-2H3. The normalized spacial score (nSPS) is 11.2. The van der Waals surface area contributed by atoms with Crippen LogP contribution in [0.15, 0.2) is 67.4 Å². The molecule has 4 rings (SSSR count).